The number of hydrogen-bond acceptors (Lipinski definition) is 3. The van der Waals surface area contributed by atoms with Gasteiger partial charge in [-0.2, -0.15) is 0 Å². The number of carbonyl (C=O) groups is 1. The number of halogens is 1. The van der Waals surface area contributed by atoms with Crippen molar-refractivity contribution in [2.75, 3.05) is 13.1 Å². The molecular weight excluding hydrogens is 300 g/mol. The summed E-state index contributed by atoms with van der Waals surface area (Å²) in [6.45, 7) is 2.11. The van der Waals surface area contributed by atoms with Crippen LogP contribution < -0.4 is 5.32 Å². The Labute approximate surface area is 134 Å². The summed E-state index contributed by atoms with van der Waals surface area (Å²) in [6, 6.07) is 10.2. The molecule has 22 heavy (non-hydrogen) atoms. The van der Waals surface area contributed by atoms with Gasteiger partial charge in [0.15, 0.2) is 0 Å². The molecule has 1 aromatic heterocycles. The minimum Gasteiger partial charge on any atom is -0.355 e. The largest absolute Gasteiger partial charge is 0.355 e. The highest BCUT2D eigenvalue weighted by atomic mass is 35.5. The number of imidazole rings is 1. The molecule has 0 radical (unpaired) electrons. The standard InChI is InChI=1S/C16H19ClN4O/c1-20-14(17)10-19-15(20)11-21-8-7-18-16(22)9-13(21)12-5-3-2-4-6-12/h2-6,10,13H,7-9,11H2,1H3,(H,18,22)/t13-/m0/s1. The second-order valence-corrected chi connectivity index (χ2v) is 5.89. The van der Waals surface area contributed by atoms with Gasteiger partial charge in [0.25, 0.3) is 0 Å². The Hall–Kier alpha value is -1.85. The average molecular weight is 319 g/mol. The molecule has 0 saturated carbocycles. The lowest BCUT2D eigenvalue weighted by atomic mass is 10.0. The van der Waals surface area contributed by atoms with E-state index in [9.17, 15) is 4.79 Å². The second-order valence-electron chi connectivity index (χ2n) is 5.51. The van der Waals surface area contributed by atoms with Crippen LogP contribution in [0.4, 0.5) is 0 Å². The smallest absolute Gasteiger partial charge is 0.221 e. The second kappa shape index (κ2) is 6.50. The van der Waals surface area contributed by atoms with Crippen molar-refractivity contribution in [3.8, 4) is 0 Å². The molecule has 2 aromatic rings. The Morgan fingerprint density at radius 3 is 2.82 bits per heavy atom. The van der Waals surface area contributed by atoms with Crippen molar-refractivity contribution in [1.82, 2.24) is 19.8 Å². The first kappa shape index (κ1) is 15.1. The van der Waals surface area contributed by atoms with Crippen LogP contribution in [-0.4, -0.2) is 33.4 Å². The zero-order valence-corrected chi connectivity index (χ0v) is 13.3. The maximum absolute atomic E-state index is 12.0. The van der Waals surface area contributed by atoms with Gasteiger partial charge in [0.05, 0.1) is 12.7 Å². The summed E-state index contributed by atoms with van der Waals surface area (Å²) in [5.74, 6) is 0.995. The van der Waals surface area contributed by atoms with Crippen molar-refractivity contribution in [2.24, 2.45) is 7.05 Å². The third-order valence-corrected chi connectivity index (χ3v) is 4.45. The molecule has 1 aliphatic rings. The molecule has 1 aliphatic heterocycles. The van der Waals surface area contributed by atoms with Crippen LogP contribution in [0.1, 0.15) is 23.9 Å². The number of nitrogens with one attached hydrogen (secondary N) is 1. The lowest BCUT2D eigenvalue weighted by Gasteiger charge is -2.29. The van der Waals surface area contributed by atoms with Gasteiger partial charge in [-0.15, -0.1) is 0 Å². The van der Waals surface area contributed by atoms with Gasteiger partial charge in [0.1, 0.15) is 11.0 Å². The molecule has 0 spiro atoms. The van der Waals surface area contributed by atoms with Crippen LogP contribution in [0.3, 0.4) is 0 Å². The Kier molecular flexibility index (Phi) is 4.45. The minimum atomic E-state index is 0.0548. The first-order chi connectivity index (χ1) is 10.6. The number of hydrogen-bond donors (Lipinski definition) is 1. The molecule has 3 rings (SSSR count). The number of nitrogens with zero attached hydrogens (tertiary/aromatic N) is 3. The molecule has 0 bridgehead atoms. The van der Waals surface area contributed by atoms with Crippen LogP contribution in [-0.2, 0) is 18.4 Å². The predicted octanol–water partition coefficient (Wildman–Crippen LogP) is 2.14. The summed E-state index contributed by atoms with van der Waals surface area (Å²) in [5, 5.41) is 3.57. The van der Waals surface area contributed by atoms with E-state index in [1.165, 1.54) is 0 Å². The highest BCUT2D eigenvalue weighted by molar-refractivity contribution is 6.29. The topological polar surface area (TPSA) is 50.2 Å². The van der Waals surface area contributed by atoms with Gasteiger partial charge in [0.2, 0.25) is 5.91 Å². The van der Waals surface area contributed by atoms with Crippen molar-refractivity contribution in [3.63, 3.8) is 0 Å². The van der Waals surface area contributed by atoms with Gasteiger partial charge < -0.3 is 9.88 Å². The zero-order valence-electron chi connectivity index (χ0n) is 12.5. The van der Waals surface area contributed by atoms with Crippen molar-refractivity contribution < 1.29 is 4.79 Å². The van der Waals surface area contributed by atoms with Crippen molar-refractivity contribution in [2.45, 2.75) is 19.0 Å². The Morgan fingerprint density at radius 2 is 2.14 bits per heavy atom. The number of benzene rings is 1. The number of amides is 1. The van der Waals surface area contributed by atoms with Crippen molar-refractivity contribution >= 4 is 17.5 Å². The molecule has 1 fully saturated rings. The van der Waals surface area contributed by atoms with E-state index in [-0.39, 0.29) is 11.9 Å². The van der Waals surface area contributed by atoms with E-state index in [0.29, 0.717) is 24.7 Å². The minimum absolute atomic E-state index is 0.0548. The van der Waals surface area contributed by atoms with Crippen molar-refractivity contribution in [1.29, 1.82) is 0 Å². The summed E-state index contributed by atoms with van der Waals surface area (Å²) in [4.78, 5) is 18.6. The Bertz CT molecular complexity index is 655. The molecule has 0 aliphatic carbocycles. The van der Waals surface area contributed by atoms with E-state index in [1.54, 1.807) is 6.20 Å². The van der Waals surface area contributed by atoms with Crippen LogP contribution in [0.15, 0.2) is 36.5 Å². The predicted molar refractivity (Wildman–Crippen MR) is 85.4 cm³/mol. The number of rotatable bonds is 3. The van der Waals surface area contributed by atoms with Gasteiger partial charge in [-0.05, 0) is 5.56 Å². The molecule has 1 amide bonds. The average Bonchev–Trinajstić information content (AvgIpc) is 2.73. The Balaban J connectivity index is 1.88. The molecule has 2 heterocycles. The highest BCUT2D eigenvalue weighted by Crippen LogP contribution is 2.27. The van der Waals surface area contributed by atoms with Gasteiger partial charge in [-0.3, -0.25) is 9.69 Å². The van der Waals surface area contributed by atoms with Crippen molar-refractivity contribution in [3.05, 3.63) is 53.1 Å². The molecule has 5 nitrogen and oxygen atoms in total. The summed E-state index contributed by atoms with van der Waals surface area (Å²) in [5.41, 5.74) is 1.15. The van der Waals surface area contributed by atoms with Crippen LogP contribution >= 0.6 is 11.6 Å². The highest BCUT2D eigenvalue weighted by Gasteiger charge is 2.27. The van der Waals surface area contributed by atoms with Crippen LogP contribution in [0.2, 0.25) is 5.15 Å². The maximum Gasteiger partial charge on any atom is 0.221 e. The molecule has 1 aromatic carbocycles. The third-order valence-electron chi connectivity index (χ3n) is 4.10. The summed E-state index contributed by atoms with van der Waals surface area (Å²) >= 11 is 6.07. The maximum atomic E-state index is 12.0. The van der Waals surface area contributed by atoms with Gasteiger partial charge in [-0.25, -0.2) is 4.98 Å². The molecular formula is C16H19ClN4O. The quantitative estimate of drug-likeness (QED) is 0.943. The first-order valence-electron chi connectivity index (χ1n) is 7.37. The SMILES string of the molecule is Cn1c(Cl)cnc1CN1CCNC(=O)C[C@H]1c1ccccc1. The van der Waals surface area contributed by atoms with E-state index in [1.807, 2.05) is 29.8 Å². The van der Waals surface area contributed by atoms with Crippen LogP contribution in [0.25, 0.3) is 0 Å². The molecule has 1 saturated heterocycles. The van der Waals surface area contributed by atoms with Crippen LogP contribution in [0, 0.1) is 0 Å². The van der Waals surface area contributed by atoms with E-state index in [0.717, 1.165) is 17.9 Å². The van der Waals surface area contributed by atoms with E-state index < -0.39 is 0 Å². The van der Waals surface area contributed by atoms with E-state index in [4.69, 9.17) is 11.6 Å². The Morgan fingerprint density at radius 1 is 1.36 bits per heavy atom. The normalized spacial score (nSPS) is 19.7. The van der Waals surface area contributed by atoms with Crippen LogP contribution in [0.5, 0.6) is 0 Å². The lowest BCUT2D eigenvalue weighted by Crippen LogP contribution is -2.31. The van der Waals surface area contributed by atoms with Gasteiger partial charge in [-0.1, -0.05) is 41.9 Å². The molecule has 116 valence electrons. The summed E-state index contributed by atoms with van der Waals surface area (Å²) in [7, 11) is 1.91. The first-order valence-corrected chi connectivity index (χ1v) is 7.74. The lowest BCUT2D eigenvalue weighted by molar-refractivity contribution is -0.121. The summed E-state index contributed by atoms with van der Waals surface area (Å²) < 4.78 is 1.88. The number of carbonyl (C=O) groups excluding carboxylic acids is 1. The zero-order chi connectivity index (χ0) is 15.5. The molecule has 1 N–H and O–H groups in total. The number of aromatic nitrogens is 2. The third kappa shape index (κ3) is 3.15. The van der Waals surface area contributed by atoms with E-state index >= 15 is 0 Å². The van der Waals surface area contributed by atoms with E-state index in [2.05, 4.69) is 27.3 Å². The monoisotopic (exact) mass is 318 g/mol. The molecule has 0 unspecified atom stereocenters. The van der Waals surface area contributed by atoms with Gasteiger partial charge in [0, 0.05) is 32.6 Å². The fraction of sp³-hybridized carbons (Fsp3) is 0.375. The fourth-order valence-electron chi connectivity index (χ4n) is 2.82. The molecule has 6 heteroatoms. The van der Waals surface area contributed by atoms with Gasteiger partial charge >= 0.3 is 0 Å². The summed E-state index contributed by atoms with van der Waals surface area (Å²) in [6.07, 6.45) is 2.12. The fourth-order valence-corrected chi connectivity index (χ4v) is 2.96. The molecule has 1 atom stereocenters.